The molecule has 4 aromatic rings. The number of urea groups is 1. The maximum Gasteiger partial charge on any atom is 0.319 e. The van der Waals surface area contributed by atoms with Gasteiger partial charge < -0.3 is 15.1 Å². The van der Waals surface area contributed by atoms with Crippen molar-refractivity contribution in [3.63, 3.8) is 0 Å². The summed E-state index contributed by atoms with van der Waals surface area (Å²) in [4.78, 5) is 21.1. The fraction of sp³-hybridized carbons (Fsp3) is 0.174. The summed E-state index contributed by atoms with van der Waals surface area (Å²) in [7, 11) is 0. The Kier molecular flexibility index (Phi) is 5.90. The fourth-order valence-electron chi connectivity index (χ4n) is 2.95. The van der Waals surface area contributed by atoms with Crippen molar-refractivity contribution in [1.82, 2.24) is 15.3 Å². The minimum Gasteiger partial charge on any atom is -0.444 e. The molecule has 30 heavy (non-hydrogen) atoms. The number of nitrogens with zero attached hydrogens (tertiary/aromatic N) is 2. The van der Waals surface area contributed by atoms with Crippen LogP contribution in [-0.4, -0.2) is 22.5 Å². The Hall–Kier alpha value is -3.45. The van der Waals surface area contributed by atoms with Crippen LogP contribution in [0.5, 0.6) is 0 Å². The highest BCUT2D eigenvalue weighted by atomic mass is 32.1. The molecule has 2 amide bonds. The molecule has 2 aromatic heterocycles. The maximum absolute atomic E-state index is 12.1. The first kappa shape index (κ1) is 19.8. The van der Waals surface area contributed by atoms with Gasteiger partial charge in [-0.25, -0.2) is 14.8 Å². The average molecular weight is 419 g/mol. The van der Waals surface area contributed by atoms with Gasteiger partial charge in [-0.1, -0.05) is 29.8 Å². The van der Waals surface area contributed by atoms with Gasteiger partial charge in [0.2, 0.25) is 5.89 Å². The summed E-state index contributed by atoms with van der Waals surface area (Å²) in [5.41, 5.74) is 5.63. The van der Waals surface area contributed by atoms with E-state index in [2.05, 4.69) is 20.6 Å². The van der Waals surface area contributed by atoms with E-state index in [1.54, 1.807) is 17.6 Å². The number of aromatic nitrogens is 2. The molecule has 0 aliphatic heterocycles. The van der Waals surface area contributed by atoms with Crippen LogP contribution in [0.15, 0.2) is 64.6 Å². The van der Waals surface area contributed by atoms with Crippen molar-refractivity contribution in [2.75, 3.05) is 11.9 Å². The number of aryl methyl sites for hydroxylation is 2. The van der Waals surface area contributed by atoms with Gasteiger partial charge in [0.05, 0.1) is 16.4 Å². The van der Waals surface area contributed by atoms with Crippen LogP contribution in [0.2, 0.25) is 0 Å². The molecular weight excluding hydrogens is 396 g/mol. The molecule has 0 saturated heterocycles. The number of thiazole rings is 1. The second-order valence-electron chi connectivity index (χ2n) is 6.97. The second kappa shape index (κ2) is 8.92. The topological polar surface area (TPSA) is 80.0 Å². The summed E-state index contributed by atoms with van der Waals surface area (Å²) in [5.74, 6) is 0.588. The molecule has 4 rings (SSSR count). The molecule has 0 saturated carbocycles. The molecule has 7 heteroatoms. The molecule has 6 nitrogen and oxygen atoms in total. The Morgan fingerprint density at radius 1 is 1.00 bits per heavy atom. The second-order valence-corrected chi connectivity index (χ2v) is 8.03. The number of hydrogen-bond acceptors (Lipinski definition) is 5. The molecule has 2 aromatic carbocycles. The molecule has 0 bridgehead atoms. The van der Waals surface area contributed by atoms with Gasteiger partial charge in [0.15, 0.2) is 0 Å². The average Bonchev–Trinajstić information content (AvgIpc) is 3.38. The quantitative estimate of drug-likeness (QED) is 0.437. The summed E-state index contributed by atoms with van der Waals surface area (Å²) in [6.45, 7) is 4.48. The van der Waals surface area contributed by atoms with E-state index in [9.17, 15) is 4.79 Å². The zero-order valence-electron chi connectivity index (χ0n) is 16.8. The molecule has 0 atom stereocenters. The number of carbonyl (C=O) groups excluding carboxylic acids is 1. The lowest BCUT2D eigenvalue weighted by Crippen LogP contribution is -2.30. The SMILES string of the molecule is Cc1ccc(-c2nc(CCNC(=O)Nc3ccc(-c4csc(C)n4)cc3)co2)cc1. The number of carbonyl (C=O) groups is 1. The van der Waals surface area contributed by atoms with Crippen molar-refractivity contribution in [3.05, 3.63) is 76.4 Å². The normalized spacial score (nSPS) is 10.7. The van der Waals surface area contributed by atoms with E-state index in [1.807, 2.05) is 67.8 Å². The number of oxazole rings is 1. The lowest BCUT2D eigenvalue weighted by atomic mass is 10.1. The van der Waals surface area contributed by atoms with Gasteiger partial charge in [0.25, 0.3) is 0 Å². The molecule has 0 radical (unpaired) electrons. The number of amides is 2. The van der Waals surface area contributed by atoms with E-state index in [4.69, 9.17) is 4.42 Å². The van der Waals surface area contributed by atoms with Crippen molar-refractivity contribution in [2.45, 2.75) is 20.3 Å². The van der Waals surface area contributed by atoms with E-state index in [0.29, 0.717) is 18.9 Å². The van der Waals surface area contributed by atoms with Crippen molar-refractivity contribution >= 4 is 23.1 Å². The summed E-state index contributed by atoms with van der Waals surface area (Å²) in [6, 6.07) is 15.4. The highest BCUT2D eigenvalue weighted by Crippen LogP contribution is 2.23. The van der Waals surface area contributed by atoms with Gasteiger partial charge >= 0.3 is 6.03 Å². The maximum atomic E-state index is 12.1. The lowest BCUT2D eigenvalue weighted by molar-refractivity contribution is 0.252. The van der Waals surface area contributed by atoms with E-state index >= 15 is 0 Å². The molecule has 0 aliphatic carbocycles. The lowest BCUT2D eigenvalue weighted by Gasteiger charge is -2.07. The van der Waals surface area contributed by atoms with Crippen LogP contribution in [0, 0.1) is 13.8 Å². The minimum atomic E-state index is -0.255. The third-order valence-electron chi connectivity index (χ3n) is 4.57. The van der Waals surface area contributed by atoms with Gasteiger partial charge in [0, 0.05) is 35.2 Å². The predicted octanol–water partition coefficient (Wildman–Crippen LogP) is 5.45. The van der Waals surface area contributed by atoms with E-state index < -0.39 is 0 Å². The van der Waals surface area contributed by atoms with Crippen LogP contribution in [0.4, 0.5) is 10.5 Å². The van der Waals surface area contributed by atoms with Gasteiger partial charge in [-0.05, 0) is 38.1 Å². The molecular formula is C23H22N4O2S. The van der Waals surface area contributed by atoms with E-state index in [1.165, 1.54) is 5.56 Å². The summed E-state index contributed by atoms with van der Waals surface area (Å²) in [6.07, 6.45) is 2.22. The van der Waals surface area contributed by atoms with Crippen molar-refractivity contribution in [3.8, 4) is 22.7 Å². The molecule has 0 fully saturated rings. The molecule has 0 spiro atoms. The monoisotopic (exact) mass is 418 g/mol. The van der Waals surface area contributed by atoms with Crippen molar-refractivity contribution in [1.29, 1.82) is 0 Å². The zero-order valence-corrected chi connectivity index (χ0v) is 17.6. The number of rotatable bonds is 6. The Morgan fingerprint density at radius 2 is 1.73 bits per heavy atom. The molecule has 2 heterocycles. The van der Waals surface area contributed by atoms with Gasteiger partial charge in [-0.15, -0.1) is 11.3 Å². The zero-order chi connectivity index (χ0) is 20.9. The van der Waals surface area contributed by atoms with Crippen LogP contribution in [-0.2, 0) is 6.42 Å². The standard InChI is InChI=1S/C23H22N4O2S/c1-15-3-5-18(6-4-15)22-26-20(13-29-22)11-12-24-23(28)27-19-9-7-17(8-10-19)21-14-30-16(2)25-21/h3-10,13-14H,11-12H2,1-2H3,(H2,24,27,28). The summed E-state index contributed by atoms with van der Waals surface area (Å²) >= 11 is 1.62. The third-order valence-corrected chi connectivity index (χ3v) is 5.35. The smallest absolute Gasteiger partial charge is 0.319 e. The van der Waals surface area contributed by atoms with Gasteiger partial charge in [-0.3, -0.25) is 0 Å². The molecule has 0 aliphatic rings. The fourth-order valence-corrected chi connectivity index (χ4v) is 3.57. The van der Waals surface area contributed by atoms with Crippen LogP contribution >= 0.6 is 11.3 Å². The number of anilines is 1. The summed E-state index contributed by atoms with van der Waals surface area (Å²) < 4.78 is 5.55. The Morgan fingerprint density at radius 3 is 2.43 bits per heavy atom. The Balaban J connectivity index is 1.26. The van der Waals surface area contributed by atoms with E-state index in [-0.39, 0.29) is 6.03 Å². The Bertz CT molecular complexity index is 1130. The largest absolute Gasteiger partial charge is 0.444 e. The third kappa shape index (κ3) is 4.93. The molecule has 2 N–H and O–H groups in total. The van der Waals surface area contributed by atoms with Crippen LogP contribution < -0.4 is 10.6 Å². The van der Waals surface area contributed by atoms with Gasteiger partial charge in [-0.2, -0.15) is 0 Å². The Labute approximate surface area is 179 Å². The van der Waals surface area contributed by atoms with Crippen molar-refractivity contribution < 1.29 is 9.21 Å². The first-order valence-electron chi connectivity index (χ1n) is 9.66. The minimum absolute atomic E-state index is 0.255. The first-order chi connectivity index (χ1) is 14.6. The number of nitrogens with one attached hydrogen (secondary N) is 2. The van der Waals surface area contributed by atoms with Crippen molar-refractivity contribution in [2.24, 2.45) is 0 Å². The number of benzene rings is 2. The number of hydrogen-bond donors (Lipinski definition) is 2. The van der Waals surface area contributed by atoms with Gasteiger partial charge in [0.1, 0.15) is 6.26 Å². The van der Waals surface area contributed by atoms with Crippen LogP contribution in [0.25, 0.3) is 22.7 Å². The highest BCUT2D eigenvalue weighted by Gasteiger charge is 2.08. The van der Waals surface area contributed by atoms with Crippen LogP contribution in [0.3, 0.4) is 0 Å². The van der Waals surface area contributed by atoms with Crippen LogP contribution in [0.1, 0.15) is 16.3 Å². The first-order valence-corrected chi connectivity index (χ1v) is 10.5. The highest BCUT2D eigenvalue weighted by molar-refractivity contribution is 7.09. The summed E-state index contributed by atoms with van der Waals surface area (Å²) in [5, 5.41) is 8.74. The molecule has 152 valence electrons. The molecule has 0 unspecified atom stereocenters. The van der Waals surface area contributed by atoms with E-state index in [0.717, 1.165) is 33.2 Å². The predicted molar refractivity (Wildman–Crippen MR) is 120 cm³/mol.